The molecule has 0 radical (unpaired) electrons. The van der Waals surface area contributed by atoms with Crippen LogP contribution in [0.1, 0.15) is 6.92 Å². The lowest BCUT2D eigenvalue weighted by atomic mass is 10.3. The minimum atomic E-state index is -0.358. The Labute approximate surface area is 64.8 Å². The van der Waals surface area contributed by atoms with Gasteiger partial charge in [0.1, 0.15) is 0 Å². The van der Waals surface area contributed by atoms with E-state index in [1.54, 1.807) is 24.3 Å². The molecule has 0 aliphatic heterocycles. The zero-order valence-electron chi connectivity index (χ0n) is 6.20. The quantitative estimate of drug-likeness (QED) is 0.372. The Morgan fingerprint density at radius 3 is 2.64 bits per heavy atom. The van der Waals surface area contributed by atoms with Crippen molar-refractivity contribution in [3.05, 3.63) is 24.3 Å². The van der Waals surface area contributed by atoms with Crippen molar-refractivity contribution in [2.45, 2.75) is 6.92 Å². The number of benzene rings is 1. The van der Waals surface area contributed by atoms with Gasteiger partial charge >= 0.3 is 5.97 Å². The molecule has 2 N–H and O–H groups in total. The Bertz CT molecular complexity index is 271. The molecule has 1 aromatic carbocycles. The van der Waals surface area contributed by atoms with Crippen molar-refractivity contribution in [1.82, 2.24) is 0 Å². The van der Waals surface area contributed by atoms with Crippen molar-refractivity contribution in [1.29, 1.82) is 0 Å². The number of ether oxygens (including phenoxy) is 1. The zero-order valence-corrected chi connectivity index (χ0v) is 6.20. The third-order valence-electron chi connectivity index (χ3n) is 1.17. The van der Waals surface area contributed by atoms with Crippen LogP contribution in [0.25, 0.3) is 0 Å². The van der Waals surface area contributed by atoms with E-state index in [1.807, 2.05) is 0 Å². The first-order chi connectivity index (χ1) is 5.20. The Morgan fingerprint density at radius 2 is 2.09 bits per heavy atom. The second kappa shape index (κ2) is 3.05. The third-order valence-corrected chi connectivity index (χ3v) is 1.17. The summed E-state index contributed by atoms with van der Waals surface area (Å²) < 4.78 is 4.78. The zero-order chi connectivity index (χ0) is 8.27. The summed E-state index contributed by atoms with van der Waals surface area (Å²) in [6, 6.07) is 6.87. The number of carbonyl (C=O) groups excluding carboxylic acids is 1. The Hall–Kier alpha value is -1.51. The molecule has 0 atom stereocenters. The summed E-state index contributed by atoms with van der Waals surface area (Å²) in [7, 11) is 0. The first kappa shape index (κ1) is 7.60. The molecule has 1 aromatic rings. The normalized spacial score (nSPS) is 9.18. The van der Waals surface area contributed by atoms with E-state index in [0.717, 1.165) is 0 Å². The van der Waals surface area contributed by atoms with Crippen LogP contribution in [0.15, 0.2) is 24.3 Å². The van der Waals surface area contributed by atoms with Crippen LogP contribution in [0.2, 0.25) is 0 Å². The van der Waals surface area contributed by atoms with Crippen molar-refractivity contribution in [3.63, 3.8) is 0 Å². The van der Waals surface area contributed by atoms with Crippen LogP contribution in [0.5, 0.6) is 5.75 Å². The molecule has 0 spiro atoms. The topological polar surface area (TPSA) is 52.3 Å². The number of hydrogen-bond donors (Lipinski definition) is 1. The lowest BCUT2D eigenvalue weighted by Crippen LogP contribution is -2.03. The number of rotatable bonds is 1. The van der Waals surface area contributed by atoms with E-state index in [-0.39, 0.29) is 5.97 Å². The predicted octanol–water partition coefficient (Wildman–Crippen LogP) is 1.19. The van der Waals surface area contributed by atoms with Gasteiger partial charge < -0.3 is 10.5 Å². The SMILES string of the molecule is CC(=O)Oc1ccccc1N. The molecule has 58 valence electrons. The van der Waals surface area contributed by atoms with E-state index in [2.05, 4.69) is 0 Å². The predicted molar refractivity (Wildman–Crippen MR) is 42.2 cm³/mol. The first-order valence-electron chi connectivity index (χ1n) is 3.23. The number of anilines is 1. The maximum absolute atomic E-state index is 10.5. The molecule has 0 saturated heterocycles. The fourth-order valence-corrected chi connectivity index (χ4v) is 0.728. The van der Waals surface area contributed by atoms with Crippen molar-refractivity contribution < 1.29 is 9.53 Å². The van der Waals surface area contributed by atoms with Gasteiger partial charge in [-0.25, -0.2) is 0 Å². The molecule has 3 heteroatoms. The van der Waals surface area contributed by atoms with Crippen LogP contribution < -0.4 is 10.5 Å². The molecular weight excluding hydrogens is 142 g/mol. The van der Waals surface area contributed by atoms with Gasteiger partial charge in [-0.05, 0) is 12.1 Å². The van der Waals surface area contributed by atoms with Crippen LogP contribution in [0.3, 0.4) is 0 Å². The average molecular weight is 151 g/mol. The summed E-state index contributed by atoms with van der Waals surface area (Å²) in [6.07, 6.45) is 0. The number of carbonyl (C=O) groups is 1. The summed E-state index contributed by atoms with van der Waals surface area (Å²) in [5.74, 6) is 0.0582. The molecule has 0 amide bonds. The molecule has 0 aromatic heterocycles. The van der Waals surface area contributed by atoms with Gasteiger partial charge in [0.2, 0.25) is 0 Å². The summed E-state index contributed by atoms with van der Waals surface area (Å²) >= 11 is 0. The fraction of sp³-hybridized carbons (Fsp3) is 0.125. The van der Waals surface area contributed by atoms with Gasteiger partial charge in [0.25, 0.3) is 0 Å². The maximum Gasteiger partial charge on any atom is 0.308 e. The molecule has 0 fully saturated rings. The number of nitrogens with two attached hydrogens (primary N) is 1. The summed E-state index contributed by atoms with van der Waals surface area (Å²) in [4.78, 5) is 10.5. The van der Waals surface area contributed by atoms with Gasteiger partial charge in [0, 0.05) is 6.92 Å². The van der Waals surface area contributed by atoms with Crippen LogP contribution in [0.4, 0.5) is 5.69 Å². The molecule has 0 heterocycles. The van der Waals surface area contributed by atoms with Gasteiger partial charge in [0.05, 0.1) is 5.69 Å². The Balaban J connectivity index is 2.86. The molecular formula is C8H9NO2. The van der Waals surface area contributed by atoms with E-state index >= 15 is 0 Å². The third kappa shape index (κ3) is 1.97. The van der Waals surface area contributed by atoms with Crippen LogP contribution in [-0.4, -0.2) is 5.97 Å². The van der Waals surface area contributed by atoms with Gasteiger partial charge in [0.15, 0.2) is 5.75 Å². The molecule has 3 nitrogen and oxygen atoms in total. The lowest BCUT2D eigenvalue weighted by molar-refractivity contribution is -0.131. The number of para-hydroxylation sites is 2. The minimum Gasteiger partial charge on any atom is -0.425 e. The highest BCUT2D eigenvalue weighted by Crippen LogP contribution is 2.19. The lowest BCUT2D eigenvalue weighted by Gasteiger charge is -2.02. The molecule has 0 aliphatic carbocycles. The Kier molecular flexibility index (Phi) is 2.11. The monoisotopic (exact) mass is 151 g/mol. The summed E-state index contributed by atoms with van der Waals surface area (Å²) in [6.45, 7) is 1.34. The molecule has 1 rings (SSSR count). The summed E-state index contributed by atoms with van der Waals surface area (Å²) in [5, 5.41) is 0. The standard InChI is InChI=1S/C8H9NO2/c1-6(10)11-8-5-3-2-4-7(8)9/h2-5H,9H2,1H3. The number of hydrogen-bond acceptors (Lipinski definition) is 3. The van der Waals surface area contributed by atoms with Gasteiger partial charge in [-0.2, -0.15) is 0 Å². The number of esters is 1. The Morgan fingerprint density at radius 1 is 1.45 bits per heavy atom. The van der Waals surface area contributed by atoms with Gasteiger partial charge in [-0.1, -0.05) is 12.1 Å². The van der Waals surface area contributed by atoms with E-state index in [0.29, 0.717) is 11.4 Å². The molecule has 0 unspecified atom stereocenters. The molecule has 0 aliphatic rings. The largest absolute Gasteiger partial charge is 0.425 e. The maximum atomic E-state index is 10.5. The van der Waals surface area contributed by atoms with Crippen LogP contribution in [-0.2, 0) is 4.79 Å². The van der Waals surface area contributed by atoms with Crippen molar-refractivity contribution >= 4 is 11.7 Å². The fourth-order valence-electron chi connectivity index (χ4n) is 0.728. The van der Waals surface area contributed by atoms with Crippen molar-refractivity contribution in [2.24, 2.45) is 0 Å². The summed E-state index contributed by atoms with van der Waals surface area (Å²) in [5.41, 5.74) is 5.97. The second-order valence-electron chi connectivity index (χ2n) is 2.13. The highest BCUT2D eigenvalue weighted by molar-refractivity contribution is 5.71. The van der Waals surface area contributed by atoms with Crippen LogP contribution in [0, 0.1) is 0 Å². The molecule has 11 heavy (non-hydrogen) atoms. The first-order valence-corrected chi connectivity index (χ1v) is 3.23. The average Bonchev–Trinajstić information content (AvgIpc) is 1.93. The van der Waals surface area contributed by atoms with Gasteiger partial charge in [-0.15, -0.1) is 0 Å². The van der Waals surface area contributed by atoms with E-state index in [1.165, 1.54) is 6.92 Å². The van der Waals surface area contributed by atoms with Crippen LogP contribution >= 0.6 is 0 Å². The number of nitrogen functional groups attached to an aromatic ring is 1. The van der Waals surface area contributed by atoms with Crippen molar-refractivity contribution in [2.75, 3.05) is 5.73 Å². The van der Waals surface area contributed by atoms with Crippen molar-refractivity contribution in [3.8, 4) is 5.75 Å². The van der Waals surface area contributed by atoms with E-state index in [4.69, 9.17) is 10.5 Å². The highest BCUT2D eigenvalue weighted by Gasteiger charge is 1.99. The highest BCUT2D eigenvalue weighted by atomic mass is 16.5. The molecule has 0 saturated carbocycles. The van der Waals surface area contributed by atoms with E-state index < -0.39 is 0 Å². The minimum absolute atomic E-state index is 0.358. The van der Waals surface area contributed by atoms with E-state index in [9.17, 15) is 4.79 Å². The molecule has 0 bridgehead atoms. The smallest absolute Gasteiger partial charge is 0.308 e. The second-order valence-corrected chi connectivity index (χ2v) is 2.13. The van der Waals surface area contributed by atoms with Gasteiger partial charge in [-0.3, -0.25) is 4.79 Å².